The average Bonchev–Trinajstić information content (AvgIpc) is 2.64. The molecule has 2 rings (SSSR count). The van der Waals surface area contributed by atoms with Crippen LogP contribution in [-0.4, -0.2) is 29.6 Å². The molecule has 1 heterocycles. The quantitative estimate of drug-likeness (QED) is 0.822. The molecule has 1 saturated heterocycles. The number of carbonyl (C=O) groups excluding carboxylic acids is 1. The molecule has 0 saturated carbocycles. The second kappa shape index (κ2) is 6.67. The molecular formula is C15H20ClNOS. The largest absolute Gasteiger partial charge is 0.342 e. The minimum absolute atomic E-state index is 0.0851. The molecule has 2 nitrogen and oxygen atoms in total. The van der Waals surface area contributed by atoms with E-state index in [0.717, 1.165) is 30.3 Å². The Morgan fingerprint density at radius 2 is 2.11 bits per heavy atom. The molecule has 1 amide bonds. The van der Waals surface area contributed by atoms with Crippen molar-refractivity contribution < 1.29 is 4.79 Å². The summed E-state index contributed by atoms with van der Waals surface area (Å²) in [6.07, 6.45) is 0.979. The van der Waals surface area contributed by atoms with E-state index in [1.807, 2.05) is 48.7 Å². The van der Waals surface area contributed by atoms with E-state index < -0.39 is 0 Å². The number of thioether (sulfide) groups is 1. The summed E-state index contributed by atoms with van der Waals surface area (Å²) in [5.74, 6) is 1.33. The summed E-state index contributed by atoms with van der Waals surface area (Å²) in [7, 11) is 0. The van der Waals surface area contributed by atoms with Crippen LogP contribution in [0.5, 0.6) is 0 Å². The highest BCUT2D eigenvalue weighted by Gasteiger charge is 2.24. The summed E-state index contributed by atoms with van der Waals surface area (Å²) >= 11 is 8.17. The van der Waals surface area contributed by atoms with Gasteiger partial charge in [0.2, 0.25) is 5.91 Å². The van der Waals surface area contributed by atoms with E-state index in [-0.39, 0.29) is 11.8 Å². The van der Waals surface area contributed by atoms with Gasteiger partial charge < -0.3 is 4.90 Å². The van der Waals surface area contributed by atoms with E-state index in [1.165, 1.54) is 5.56 Å². The molecule has 1 aliphatic rings. The van der Waals surface area contributed by atoms with E-state index in [2.05, 4.69) is 6.07 Å². The third-order valence-electron chi connectivity index (χ3n) is 3.40. The Morgan fingerprint density at radius 1 is 1.37 bits per heavy atom. The van der Waals surface area contributed by atoms with Crippen LogP contribution in [0, 0.1) is 5.92 Å². The maximum absolute atomic E-state index is 12.1. The number of hydrogen-bond donors (Lipinski definition) is 0. The Bertz CT molecular complexity index is 450. The second-order valence-corrected chi connectivity index (χ2v) is 6.87. The van der Waals surface area contributed by atoms with E-state index in [9.17, 15) is 4.79 Å². The zero-order chi connectivity index (χ0) is 13.8. The highest BCUT2D eigenvalue weighted by molar-refractivity contribution is 7.99. The fraction of sp³-hybridized carbons (Fsp3) is 0.533. The first-order valence-corrected chi connectivity index (χ1v) is 8.17. The minimum atomic E-state index is 0.0851. The summed E-state index contributed by atoms with van der Waals surface area (Å²) in [6.45, 7) is 5.61. The van der Waals surface area contributed by atoms with Crippen LogP contribution in [0.3, 0.4) is 0 Å². The highest BCUT2D eigenvalue weighted by atomic mass is 35.5. The molecule has 0 bridgehead atoms. The van der Waals surface area contributed by atoms with E-state index >= 15 is 0 Å². The lowest BCUT2D eigenvalue weighted by Gasteiger charge is -2.22. The Morgan fingerprint density at radius 3 is 2.79 bits per heavy atom. The molecule has 1 unspecified atom stereocenters. The molecule has 0 aliphatic carbocycles. The third kappa shape index (κ3) is 3.67. The summed E-state index contributed by atoms with van der Waals surface area (Å²) in [5.41, 5.74) is 1.20. The van der Waals surface area contributed by atoms with Gasteiger partial charge in [0.15, 0.2) is 0 Å². The van der Waals surface area contributed by atoms with Crippen molar-refractivity contribution in [1.29, 1.82) is 0 Å². The van der Waals surface area contributed by atoms with Crippen LogP contribution in [0.15, 0.2) is 24.3 Å². The molecule has 1 aromatic carbocycles. The fourth-order valence-electron chi connectivity index (χ4n) is 2.34. The molecule has 4 heteroatoms. The van der Waals surface area contributed by atoms with Gasteiger partial charge in [0.1, 0.15) is 0 Å². The van der Waals surface area contributed by atoms with Crippen LogP contribution in [-0.2, 0) is 4.79 Å². The zero-order valence-corrected chi connectivity index (χ0v) is 13.0. The molecule has 1 aromatic rings. The molecule has 1 atom stereocenters. The van der Waals surface area contributed by atoms with Crippen LogP contribution in [0.2, 0.25) is 5.02 Å². The standard InChI is InChI=1S/C15H20ClNOS/c1-11(2)15(18)17-8-7-14(19-10-9-17)12-5-3-4-6-13(12)16/h3-6,11,14H,7-10H2,1-2H3. The first-order valence-electron chi connectivity index (χ1n) is 6.74. The van der Waals surface area contributed by atoms with Gasteiger partial charge in [-0.2, -0.15) is 11.8 Å². The molecule has 0 spiro atoms. The first kappa shape index (κ1) is 14.7. The van der Waals surface area contributed by atoms with Crippen molar-refractivity contribution in [2.45, 2.75) is 25.5 Å². The van der Waals surface area contributed by atoms with Crippen LogP contribution in [0.25, 0.3) is 0 Å². The molecule has 0 N–H and O–H groups in total. The number of rotatable bonds is 2. The first-order chi connectivity index (χ1) is 9.09. The molecule has 0 radical (unpaired) electrons. The highest BCUT2D eigenvalue weighted by Crippen LogP contribution is 2.37. The van der Waals surface area contributed by atoms with E-state index in [4.69, 9.17) is 11.6 Å². The van der Waals surface area contributed by atoms with Gasteiger partial charge in [-0.05, 0) is 18.1 Å². The van der Waals surface area contributed by atoms with Gasteiger partial charge in [-0.25, -0.2) is 0 Å². The molecule has 19 heavy (non-hydrogen) atoms. The minimum Gasteiger partial charge on any atom is -0.342 e. The van der Waals surface area contributed by atoms with Gasteiger partial charge in [-0.1, -0.05) is 43.6 Å². The Kier molecular flexibility index (Phi) is 5.17. The summed E-state index contributed by atoms with van der Waals surface area (Å²) in [5, 5.41) is 1.24. The van der Waals surface area contributed by atoms with E-state index in [0.29, 0.717) is 5.25 Å². The summed E-state index contributed by atoms with van der Waals surface area (Å²) in [6, 6.07) is 8.03. The molecule has 1 aliphatic heterocycles. The van der Waals surface area contributed by atoms with Crippen LogP contribution < -0.4 is 0 Å². The van der Waals surface area contributed by atoms with Crippen LogP contribution in [0.1, 0.15) is 31.1 Å². The number of amides is 1. The smallest absolute Gasteiger partial charge is 0.225 e. The second-order valence-electron chi connectivity index (χ2n) is 5.15. The number of halogens is 1. The summed E-state index contributed by atoms with van der Waals surface area (Å²) < 4.78 is 0. The Hall–Kier alpha value is -0.670. The average molecular weight is 298 g/mol. The van der Waals surface area contributed by atoms with Crippen LogP contribution in [0.4, 0.5) is 0 Å². The fourth-order valence-corrected chi connectivity index (χ4v) is 3.94. The van der Waals surface area contributed by atoms with Gasteiger partial charge in [0.05, 0.1) is 0 Å². The van der Waals surface area contributed by atoms with Crippen molar-refractivity contribution in [3.63, 3.8) is 0 Å². The monoisotopic (exact) mass is 297 g/mol. The SMILES string of the molecule is CC(C)C(=O)N1CCSC(c2ccccc2Cl)CC1. The molecule has 1 fully saturated rings. The molecule has 104 valence electrons. The van der Waals surface area contributed by atoms with Gasteiger partial charge >= 0.3 is 0 Å². The van der Waals surface area contributed by atoms with Gasteiger partial charge in [0.25, 0.3) is 0 Å². The van der Waals surface area contributed by atoms with Crippen molar-refractivity contribution in [2.75, 3.05) is 18.8 Å². The maximum atomic E-state index is 12.1. The van der Waals surface area contributed by atoms with Crippen molar-refractivity contribution in [2.24, 2.45) is 5.92 Å². The predicted molar refractivity (Wildman–Crippen MR) is 82.7 cm³/mol. The summed E-state index contributed by atoms with van der Waals surface area (Å²) in [4.78, 5) is 14.0. The Balaban J connectivity index is 2.05. The normalized spacial score (nSPS) is 20.4. The lowest BCUT2D eigenvalue weighted by atomic mass is 10.1. The lowest BCUT2D eigenvalue weighted by Crippen LogP contribution is -2.35. The zero-order valence-electron chi connectivity index (χ0n) is 11.4. The number of carbonyl (C=O) groups is 1. The molecule has 0 aromatic heterocycles. The van der Waals surface area contributed by atoms with Crippen LogP contribution >= 0.6 is 23.4 Å². The Labute approximate surface area is 124 Å². The number of hydrogen-bond acceptors (Lipinski definition) is 2. The van der Waals surface area contributed by atoms with Gasteiger partial charge in [0, 0.05) is 35.0 Å². The topological polar surface area (TPSA) is 20.3 Å². The predicted octanol–water partition coefficient (Wildman–Crippen LogP) is 4.00. The number of benzene rings is 1. The molecular weight excluding hydrogens is 278 g/mol. The van der Waals surface area contributed by atoms with Gasteiger partial charge in [-0.3, -0.25) is 4.79 Å². The van der Waals surface area contributed by atoms with Crippen molar-refractivity contribution in [3.8, 4) is 0 Å². The number of nitrogens with zero attached hydrogens (tertiary/aromatic N) is 1. The maximum Gasteiger partial charge on any atom is 0.225 e. The van der Waals surface area contributed by atoms with Gasteiger partial charge in [-0.15, -0.1) is 0 Å². The van der Waals surface area contributed by atoms with E-state index in [1.54, 1.807) is 0 Å². The van der Waals surface area contributed by atoms with Crippen molar-refractivity contribution in [3.05, 3.63) is 34.9 Å². The van der Waals surface area contributed by atoms with Crippen molar-refractivity contribution in [1.82, 2.24) is 4.90 Å². The van der Waals surface area contributed by atoms with Crippen molar-refractivity contribution >= 4 is 29.3 Å². The third-order valence-corrected chi connectivity index (χ3v) is 5.05. The lowest BCUT2D eigenvalue weighted by molar-refractivity contribution is -0.134.